The van der Waals surface area contributed by atoms with Gasteiger partial charge in [0, 0.05) is 24.9 Å². The lowest BCUT2D eigenvalue weighted by Gasteiger charge is -2.17. The average molecular weight is 338 g/mol. The molecule has 0 amide bonds. The van der Waals surface area contributed by atoms with Gasteiger partial charge in [0.15, 0.2) is 5.00 Å². The number of nitro groups is 1. The van der Waals surface area contributed by atoms with Crippen molar-refractivity contribution in [3.8, 4) is 0 Å². The van der Waals surface area contributed by atoms with E-state index in [0.717, 1.165) is 35.3 Å². The van der Waals surface area contributed by atoms with Crippen molar-refractivity contribution in [3.05, 3.63) is 16.2 Å². The monoisotopic (exact) mass is 338 g/mol. The molecule has 1 fully saturated rings. The highest BCUT2D eigenvalue weighted by molar-refractivity contribution is 7.99. The minimum Gasteiger partial charge on any atom is -0.310 e. The van der Waals surface area contributed by atoms with Crippen molar-refractivity contribution >= 4 is 43.8 Å². The number of nitrogens with zero attached hydrogens (tertiary/aromatic N) is 2. The quantitative estimate of drug-likeness (QED) is 0.479. The SMILES string of the molecule is NNc1sc(S(=O)(=O)N2CCCSCC2)cc1[N+](=O)[O-]. The topological polar surface area (TPSA) is 119 Å². The van der Waals surface area contributed by atoms with Gasteiger partial charge in [-0.1, -0.05) is 11.3 Å². The van der Waals surface area contributed by atoms with Crippen molar-refractivity contribution in [2.75, 3.05) is 30.0 Å². The van der Waals surface area contributed by atoms with Gasteiger partial charge in [0.25, 0.3) is 10.0 Å². The van der Waals surface area contributed by atoms with Gasteiger partial charge in [-0.25, -0.2) is 14.3 Å². The van der Waals surface area contributed by atoms with Gasteiger partial charge in [-0.2, -0.15) is 16.1 Å². The third-order valence-corrected chi connectivity index (χ3v) is 7.24. The van der Waals surface area contributed by atoms with E-state index in [1.165, 1.54) is 4.31 Å². The molecule has 0 spiro atoms. The second-order valence-electron chi connectivity index (χ2n) is 4.05. The maximum absolute atomic E-state index is 12.5. The zero-order chi connectivity index (χ0) is 14.8. The van der Waals surface area contributed by atoms with Gasteiger partial charge >= 0.3 is 5.69 Å². The van der Waals surface area contributed by atoms with Gasteiger partial charge in [0.1, 0.15) is 4.21 Å². The van der Waals surface area contributed by atoms with Crippen LogP contribution in [0.4, 0.5) is 10.7 Å². The van der Waals surface area contributed by atoms with Crippen molar-refractivity contribution in [2.24, 2.45) is 5.84 Å². The maximum Gasteiger partial charge on any atom is 0.306 e. The number of hydrogen-bond donors (Lipinski definition) is 2. The predicted molar refractivity (Wildman–Crippen MR) is 79.5 cm³/mol. The summed E-state index contributed by atoms with van der Waals surface area (Å²) in [7, 11) is -3.69. The Hall–Kier alpha value is -0.880. The van der Waals surface area contributed by atoms with Crippen LogP contribution in [0.5, 0.6) is 0 Å². The Morgan fingerprint density at radius 2 is 2.15 bits per heavy atom. The molecule has 0 saturated carbocycles. The second-order valence-corrected chi connectivity index (χ2v) is 8.49. The van der Waals surface area contributed by atoms with E-state index in [9.17, 15) is 18.5 Å². The molecule has 0 unspecified atom stereocenters. The molecule has 2 rings (SSSR count). The van der Waals surface area contributed by atoms with E-state index in [0.29, 0.717) is 13.1 Å². The van der Waals surface area contributed by atoms with Crippen molar-refractivity contribution < 1.29 is 13.3 Å². The number of thioether (sulfide) groups is 1. The van der Waals surface area contributed by atoms with Gasteiger partial charge in [-0.05, 0) is 12.2 Å². The highest BCUT2D eigenvalue weighted by atomic mass is 32.2. The molecular formula is C9H14N4O4S3. The normalized spacial score (nSPS) is 17.6. The van der Waals surface area contributed by atoms with Gasteiger partial charge < -0.3 is 5.43 Å². The average Bonchev–Trinajstić information content (AvgIpc) is 2.66. The lowest BCUT2D eigenvalue weighted by Crippen LogP contribution is -2.32. The van der Waals surface area contributed by atoms with Crippen molar-refractivity contribution in [3.63, 3.8) is 0 Å². The summed E-state index contributed by atoms with van der Waals surface area (Å²) in [4.78, 5) is 10.2. The highest BCUT2D eigenvalue weighted by Crippen LogP contribution is 2.37. The fraction of sp³-hybridized carbons (Fsp3) is 0.556. The van der Waals surface area contributed by atoms with E-state index in [1.807, 2.05) is 0 Å². The molecule has 1 aliphatic heterocycles. The first-order valence-corrected chi connectivity index (χ1v) is 9.20. The highest BCUT2D eigenvalue weighted by Gasteiger charge is 2.31. The molecule has 1 saturated heterocycles. The molecule has 0 bridgehead atoms. The summed E-state index contributed by atoms with van der Waals surface area (Å²) in [6, 6.07) is 1.06. The smallest absolute Gasteiger partial charge is 0.306 e. The van der Waals surface area contributed by atoms with E-state index in [2.05, 4.69) is 5.43 Å². The third-order valence-electron chi connectivity index (χ3n) is 2.79. The van der Waals surface area contributed by atoms with Crippen molar-refractivity contribution in [1.29, 1.82) is 0 Å². The van der Waals surface area contributed by atoms with Crippen LogP contribution in [0.2, 0.25) is 0 Å². The standard InChI is InChI=1S/C9H14N4O4S3/c10-11-9-7(13(14)15)6-8(19-9)20(16,17)12-2-1-4-18-5-3-12/h6,11H,1-5,10H2. The minimum absolute atomic E-state index is 0.0396. The van der Waals surface area contributed by atoms with Crippen LogP contribution in [-0.2, 0) is 10.0 Å². The van der Waals surface area contributed by atoms with Crippen LogP contribution >= 0.6 is 23.1 Å². The molecule has 1 aromatic rings. The first-order chi connectivity index (χ1) is 9.46. The molecule has 0 aromatic carbocycles. The first kappa shape index (κ1) is 15.5. The molecule has 11 heteroatoms. The summed E-state index contributed by atoms with van der Waals surface area (Å²) in [6.45, 7) is 0.858. The van der Waals surface area contributed by atoms with Crippen LogP contribution in [-0.4, -0.2) is 42.2 Å². The fourth-order valence-electron chi connectivity index (χ4n) is 1.82. The molecule has 0 atom stereocenters. The van der Waals surface area contributed by atoms with Crippen LogP contribution < -0.4 is 11.3 Å². The van der Waals surface area contributed by atoms with Gasteiger partial charge in [-0.15, -0.1) is 0 Å². The molecule has 0 aliphatic carbocycles. The minimum atomic E-state index is -3.69. The number of nitrogens with one attached hydrogen (secondary N) is 1. The molecule has 1 aliphatic rings. The molecular weight excluding hydrogens is 324 g/mol. The Bertz CT molecular complexity index is 592. The summed E-state index contributed by atoms with van der Waals surface area (Å²) in [5.74, 6) is 6.85. The molecule has 112 valence electrons. The van der Waals surface area contributed by atoms with Crippen LogP contribution in [0.15, 0.2) is 10.3 Å². The summed E-state index contributed by atoms with van der Waals surface area (Å²) < 4.78 is 26.3. The van der Waals surface area contributed by atoms with Crippen molar-refractivity contribution in [2.45, 2.75) is 10.6 Å². The summed E-state index contributed by atoms with van der Waals surface area (Å²) in [5.41, 5.74) is 1.86. The Labute approximate surface area is 124 Å². The number of sulfonamides is 1. The number of thiophene rings is 1. The van der Waals surface area contributed by atoms with Gasteiger partial charge in [0.05, 0.1) is 4.92 Å². The van der Waals surface area contributed by atoms with E-state index in [4.69, 9.17) is 5.84 Å². The molecule has 8 nitrogen and oxygen atoms in total. The van der Waals surface area contributed by atoms with Crippen LogP contribution in [0.3, 0.4) is 0 Å². The second kappa shape index (κ2) is 6.26. The number of nitrogens with two attached hydrogens (primary N) is 1. The number of nitrogen functional groups attached to an aromatic ring is 1. The van der Waals surface area contributed by atoms with E-state index in [-0.39, 0.29) is 14.9 Å². The lowest BCUT2D eigenvalue weighted by molar-refractivity contribution is -0.383. The number of rotatable bonds is 4. The Balaban J connectivity index is 2.35. The Morgan fingerprint density at radius 3 is 2.75 bits per heavy atom. The van der Waals surface area contributed by atoms with E-state index < -0.39 is 14.9 Å². The predicted octanol–water partition coefficient (Wildman–Crippen LogP) is 1.07. The first-order valence-electron chi connectivity index (χ1n) is 5.79. The summed E-state index contributed by atoms with van der Waals surface area (Å²) in [5, 5.41) is 10.9. The van der Waals surface area contributed by atoms with Crippen molar-refractivity contribution in [1.82, 2.24) is 4.31 Å². The summed E-state index contributed by atoms with van der Waals surface area (Å²) >= 11 is 2.49. The van der Waals surface area contributed by atoms with Crippen LogP contribution in [0.1, 0.15) is 6.42 Å². The van der Waals surface area contributed by atoms with Gasteiger partial charge in [-0.3, -0.25) is 10.1 Å². The Kier molecular flexibility index (Phi) is 4.86. The maximum atomic E-state index is 12.5. The number of hydrazine groups is 1. The van der Waals surface area contributed by atoms with E-state index in [1.54, 1.807) is 11.8 Å². The number of hydrogen-bond acceptors (Lipinski definition) is 8. The summed E-state index contributed by atoms with van der Waals surface area (Å²) in [6.07, 6.45) is 0.777. The van der Waals surface area contributed by atoms with E-state index >= 15 is 0 Å². The Morgan fingerprint density at radius 1 is 1.40 bits per heavy atom. The third kappa shape index (κ3) is 3.06. The lowest BCUT2D eigenvalue weighted by atomic mass is 10.5. The number of anilines is 1. The van der Waals surface area contributed by atoms with Gasteiger partial charge in [0.2, 0.25) is 0 Å². The van der Waals surface area contributed by atoms with Crippen LogP contribution in [0, 0.1) is 10.1 Å². The van der Waals surface area contributed by atoms with Crippen LogP contribution in [0.25, 0.3) is 0 Å². The largest absolute Gasteiger partial charge is 0.310 e. The molecule has 2 heterocycles. The molecule has 1 aromatic heterocycles. The molecule has 0 radical (unpaired) electrons. The zero-order valence-corrected chi connectivity index (χ0v) is 12.9. The molecule has 3 N–H and O–H groups in total. The zero-order valence-electron chi connectivity index (χ0n) is 10.4. The molecule has 20 heavy (non-hydrogen) atoms. The fourth-order valence-corrected chi connectivity index (χ4v) is 5.69.